The molecule has 0 amide bonds. The van der Waals surface area contributed by atoms with E-state index in [-0.39, 0.29) is 34.3 Å². The summed E-state index contributed by atoms with van der Waals surface area (Å²) >= 11 is 25.0. The molecule has 0 bridgehead atoms. The highest BCUT2D eigenvalue weighted by Crippen LogP contribution is 2.46. The second kappa shape index (κ2) is 9.90. The second-order valence-corrected chi connectivity index (χ2v) is 11.1. The lowest BCUT2D eigenvalue weighted by Crippen LogP contribution is -2.25. The number of ether oxygens (including phenoxy) is 1. The van der Waals surface area contributed by atoms with Crippen LogP contribution in [0, 0.1) is 0 Å². The van der Waals surface area contributed by atoms with Crippen LogP contribution in [0.25, 0.3) is 21.8 Å². The Morgan fingerprint density at radius 1 is 0.615 bits per heavy atom. The summed E-state index contributed by atoms with van der Waals surface area (Å²) in [5.41, 5.74) is -2.59. The van der Waals surface area contributed by atoms with Gasteiger partial charge in [-0.1, -0.05) is 70.7 Å². The molecule has 3 nitrogen and oxygen atoms in total. The third-order valence-corrected chi connectivity index (χ3v) is 8.11. The van der Waals surface area contributed by atoms with Crippen LogP contribution in [0.1, 0.15) is 24.2 Å². The summed E-state index contributed by atoms with van der Waals surface area (Å²) in [4.78, 5) is 8.91. The molecule has 4 aromatic rings. The maximum atomic E-state index is 16.1. The van der Waals surface area contributed by atoms with Gasteiger partial charge >= 0.3 is 0 Å². The van der Waals surface area contributed by atoms with Gasteiger partial charge in [0.25, 0.3) is 0 Å². The lowest BCUT2D eigenvalue weighted by Gasteiger charge is -2.29. The highest BCUT2D eigenvalue weighted by atomic mass is 35.5. The summed E-state index contributed by atoms with van der Waals surface area (Å²) in [5, 5.41) is 2.51. The van der Waals surface area contributed by atoms with E-state index in [1.54, 1.807) is 60.7 Å². The molecule has 0 aliphatic heterocycles. The standard InChI is InChI=1S/C30H18Cl4F2N2O/c31-19-5-1-17-3-7-27(37-23(17)13-19)29(35)11-9-21(15-25(29)33)39-22-10-12-30(36,26(34)16-22)28-8-4-18-2-6-20(32)14-24(18)38-28/h1-10,13-16H,11-12H2. The van der Waals surface area contributed by atoms with E-state index < -0.39 is 11.3 Å². The fraction of sp³-hybridized carbons (Fsp3) is 0.133. The highest BCUT2D eigenvalue weighted by molar-refractivity contribution is 6.32. The molecule has 2 heterocycles. The molecule has 0 radical (unpaired) electrons. The molecular formula is C30H18Cl4F2N2O. The van der Waals surface area contributed by atoms with Gasteiger partial charge in [-0.15, -0.1) is 0 Å². The number of alkyl halides is 2. The zero-order valence-electron chi connectivity index (χ0n) is 20.1. The van der Waals surface area contributed by atoms with E-state index in [0.717, 1.165) is 10.8 Å². The number of hydrogen-bond donors (Lipinski definition) is 0. The van der Waals surface area contributed by atoms with Gasteiger partial charge in [0, 0.05) is 33.7 Å². The maximum absolute atomic E-state index is 16.1. The summed E-state index contributed by atoms with van der Waals surface area (Å²) in [7, 11) is 0. The average molecular weight is 602 g/mol. The second-order valence-electron chi connectivity index (χ2n) is 9.38. The van der Waals surface area contributed by atoms with Gasteiger partial charge in [0.05, 0.1) is 32.5 Å². The van der Waals surface area contributed by atoms with Gasteiger partial charge in [-0.25, -0.2) is 18.7 Å². The third kappa shape index (κ3) is 4.82. The van der Waals surface area contributed by atoms with E-state index in [2.05, 4.69) is 9.97 Å². The number of halogens is 6. The van der Waals surface area contributed by atoms with Crippen LogP contribution in [0.5, 0.6) is 0 Å². The molecule has 2 unspecified atom stereocenters. The molecule has 9 heteroatoms. The van der Waals surface area contributed by atoms with E-state index in [4.69, 9.17) is 51.1 Å². The van der Waals surface area contributed by atoms with Gasteiger partial charge in [0.1, 0.15) is 11.5 Å². The molecule has 0 spiro atoms. The van der Waals surface area contributed by atoms with Crippen LogP contribution in [0.4, 0.5) is 8.78 Å². The minimum atomic E-state index is -2.03. The number of rotatable bonds is 4. The van der Waals surface area contributed by atoms with Gasteiger partial charge < -0.3 is 4.74 Å². The number of pyridine rings is 2. The third-order valence-electron chi connectivity index (χ3n) is 6.82. The van der Waals surface area contributed by atoms with Crippen LogP contribution >= 0.6 is 46.4 Å². The number of hydrogen-bond acceptors (Lipinski definition) is 3. The largest absolute Gasteiger partial charge is 0.458 e. The highest BCUT2D eigenvalue weighted by Gasteiger charge is 2.41. The SMILES string of the molecule is FC1(c2ccc3ccc(Cl)cc3n2)CC=C(OC2=CCC(F)(c3ccc4ccc(Cl)cc4n3)C(Cl)=C2)C=C1Cl. The first-order valence-corrected chi connectivity index (χ1v) is 13.5. The van der Waals surface area contributed by atoms with Crippen LogP contribution in [0.15, 0.2) is 107 Å². The summed E-state index contributed by atoms with van der Waals surface area (Å²) in [5.74, 6) is 0.628. The first-order chi connectivity index (χ1) is 18.6. The Bertz CT molecular complexity index is 1650. The Hall–Kier alpha value is -2.96. The molecule has 2 aromatic heterocycles. The molecule has 39 heavy (non-hydrogen) atoms. The van der Waals surface area contributed by atoms with Crippen molar-refractivity contribution < 1.29 is 13.5 Å². The Balaban J connectivity index is 1.21. The Morgan fingerprint density at radius 2 is 1.03 bits per heavy atom. The first kappa shape index (κ1) is 26.3. The lowest BCUT2D eigenvalue weighted by molar-refractivity contribution is 0.206. The van der Waals surface area contributed by atoms with Crippen molar-refractivity contribution in [1.82, 2.24) is 9.97 Å². The number of aromatic nitrogens is 2. The van der Waals surface area contributed by atoms with E-state index in [9.17, 15) is 0 Å². The molecule has 196 valence electrons. The normalized spacial score (nSPS) is 23.2. The van der Waals surface area contributed by atoms with Crippen molar-refractivity contribution in [2.45, 2.75) is 24.2 Å². The van der Waals surface area contributed by atoms with Gasteiger partial charge in [-0.2, -0.15) is 0 Å². The molecule has 6 rings (SSSR count). The minimum absolute atomic E-state index is 0.0840. The molecule has 0 saturated heterocycles. The topological polar surface area (TPSA) is 35.0 Å². The Kier molecular flexibility index (Phi) is 6.67. The predicted octanol–water partition coefficient (Wildman–Crippen LogP) is 9.96. The van der Waals surface area contributed by atoms with Crippen LogP contribution < -0.4 is 0 Å². The number of nitrogens with zero attached hydrogens (tertiary/aromatic N) is 2. The molecule has 0 saturated carbocycles. The van der Waals surface area contributed by atoms with Crippen molar-refractivity contribution in [3.8, 4) is 0 Å². The van der Waals surface area contributed by atoms with Crippen LogP contribution in [0.3, 0.4) is 0 Å². The van der Waals surface area contributed by atoms with Crippen LogP contribution in [0.2, 0.25) is 10.0 Å². The number of benzene rings is 2. The van der Waals surface area contributed by atoms with Crippen LogP contribution in [-0.2, 0) is 16.1 Å². The molecule has 2 aliphatic carbocycles. The van der Waals surface area contributed by atoms with Gasteiger partial charge in [0.2, 0.25) is 0 Å². The summed E-state index contributed by atoms with van der Waals surface area (Å²) in [6.45, 7) is 0. The smallest absolute Gasteiger partial charge is 0.191 e. The fourth-order valence-electron chi connectivity index (χ4n) is 4.63. The van der Waals surface area contributed by atoms with E-state index in [1.807, 2.05) is 12.1 Å². The molecule has 2 aromatic carbocycles. The zero-order chi connectivity index (χ0) is 27.4. The van der Waals surface area contributed by atoms with E-state index >= 15 is 8.78 Å². The quantitative estimate of drug-likeness (QED) is 0.233. The molecular weight excluding hydrogens is 584 g/mol. The van der Waals surface area contributed by atoms with Crippen molar-refractivity contribution in [3.05, 3.63) is 128 Å². The minimum Gasteiger partial charge on any atom is -0.458 e. The van der Waals surface area contributed by atoms with Gasteiger partial charge in [0.15, 0.2) is 11.3 Å². The summed E-state index contributed by atoms with van der Waals surface area (Å²) in [6.07, 6.45) is 5.73. The van der Waals surface area contributed by atoms with E-state index in [0.29, 0.717) is 32.6 Å². The monoisotopic (exact) mass is 600 g/mol. The number of fused-ring (bicyclic) bond motifs is 2. The average Bonchev–Trinajstić information content (AvgIpc) is 2.92. The van der Waals surface area contributed by atoms with Crippen molar-refractivity contribution in [3.63, 3.8) is 0 Å². The fourth-order valence-corrected chi connectivity index (χ4v) is 5.52. The Labute approximate surface area is 243 Å². The van der Waals surface area contributed by atoms with Crippen molar-refractivity contribution in [2.75, 3.05) is 0 Å². The van der Waals surface area contributed by atoms with Crippen molar-refractivity contribution in [1.29, 1.82) is 0 Å². The Morgan fingerprint density at radius 3 is 1.44 bits per heavy atom. The summed E-state index contributed by atoms with van der Waals surface area (Å²) in [6, 6.07) is 17.2. The van der Waals surface area contributed by atoms with Crippen molar-refractivity contribution >= 4 is 68.2 Å². The number of allylic oxidation sites excluding steroid dienone is 6. The molecule has 2 atom stereocenters. The van der Waals surface area contributed by atoms with Crippen molar-refractivity contribution in [2.24, 2.45) is 0 Å². The van der Waals surface area contributed by atoms with Crippen LogP contribution in [-0.4, -0.2) is 9.97 Å². The van der Waals surface area contributed by atoms with Gasteiger partial charge in [-0.05, 0) is 60.7 Å². The van der Waals surface area contributed by atoms with E-state index in [1.165, 1.54) is 12.2 Å². The molecule has 0 fully saturated rings. The zero-order valence-corrected chi connectivity index (χ0v) is 23.1. The predicted molar refractivity (Wildman–Crippen MR) is 153 cm³/mol. The maximum Gasteiger partial charge on any atom is 0.191 e. The molecule has 2 aliphatic rings. The van der Waals surface area contributed by atoms with Gasteiger partial charge in [-0.3, -0.25) is 0 Å². The molecule has 0 N–H and O–H groups in total. The summed E-state index contributed by atoms with van der Waals surface area (Å²) < 4.78 is 38.0. The first-order valence-electron chi connectivity index (χ1n) is 12.0. The lowest BCUT2D eigenvalue weighted by atomic mass is 9.91.